The van der Waals surface area contributed by atoms with Gasteiger partial charge in [-0.15, -0.1) is 0 Å². The summed E-state index contributed by atoms with van der Waals surface area (Å²) in [6, 6.07) is 12.1. The van der Waals surface area contributed by atoms with Crippen LogP contribution in [0.5, 0.6) is 0 Å². The second-order valence-electron chi connectivity index (χ2n) is 7.86. The van der Waals surface area contributed by atoms with Gasteiger partial charge in [0.25, 0.3) is 5.91 Å². The lowest BCUT2D eigenvalue weighted by molar-refractivity contribution is 0.0925. The summed E-state index contributed by atoms with van der Waals surface area (Å²) in [4.78, 5) is 19.0. The van der Waals surface area contributed by atoms with E-state index in [1.165, 1.54) is 6.26 Å². The third-order valence-electron chi connectivity index (χ3n) is 5.43. The molecule has 1 atom stereocenters. The maximum absolute atomic E-state index is 12.1. The van der Waals surface area contributed by atoms with Gasteiger partial charge < -0.3 is 25.3 Å². The average Bonchev–Trinajstić information content (AvgIpc) is 3.25. The van der Waals surface area contributed by atoms with Gasteiger partial charge in [0.05, 0.1) is 17.5 Å². The first-order valence-corrected chi connectivity index (χ1v) is 11.2. The van der Waals surface area contributed by atoms with E-state index in [0.717, 1.165) is 56.1 Å². The van der Waals surface area contributed by atoms with Crippen LogP contribution < -0.4 is 20.9 Å². The summed E-state index contributed by atoms with van der Waals surface area (Å²) in [7, 11) is 0. The zero-order chi connectivity index (χ0) is 22.8. The number of carbonyl (C=O) groups excluding carboxylic acids is 1. The van der Waals surface area contributed by atoms with Gasteiger partial charge in [-0.2, -0.15) is 5.26 Å². The lowest BCUT2D eigenvalue weighted by atomic mass is 10.0. The van der Waals surface area contributed by atoms with Gasteiger partial charge in [-0.05, 0) is 51.3 Å². The molecule has 1 fully saturated rings. The predicted molar refractivity (Wildman–Crippen MR) is 126 cm³/mol. The van der Waals surface area contributed by atoms with Gasteiger partial charge in [0, 0.05) is 44.3 Å². The Morgan fingerprint density at radius 2 is 2.16 bits per heavy atom. The molecule has 1 aromatic heterocycles. The van der Waals surface area contributed by atoms with Gasteiger partial charge in [0.1, 0.15) is 6.07 Å². The van der Waals surface area contributed by atoms with Gasteiger partial charge in [0.15, 0.2) is 11.7 Å². The molecule has 32 heavy (non-hydrogen) atoms. The molecule has 0 aliphatic carbocycles. The molecule has 2 heterocycles. The van der Waals surface area contributed by atoms with Crippen LogP contribution in [0.3, 0.4) is 0 Å². The minimum Gasteiger partial charge on any atom is -0.459 e. The van der Waals surface area contributed by atoms with Crippen molar-refractivity contribution in [1.82, 2.24) is 16.0 Å². The van der Waals surface area contributed by atoms with Gasteiger partial charge in [-0.25, -0.2) is 0 Å². The highest BCUT2D eigenvalue weighted by atomic mass is 16.3. The molecule has 8 nitrogen and oxygen atoms in total. The van der Waals surface area contributed by atoms with E-state index in [4.69, 9.17) is 4.42 Å². The first-order valence-electron chi connectivity index (χ1n) is 11.2. The summed E-state index contributed by atoms with van der Waals surface area (Å²) in [6.45, 7) is 7.56. The largest absolute Gasteiger partial charge is 0.459 e. The van der Waals surface area contributed by atoms with Gasteiger partial charge in [-0.3, -0.25) is 9.79 Å². The molecule has 1 aromatic carbocycles. The predicted octanol–water partition coefficient (Wildman–Crippen LogP) is 2.80. The molecule has 0 spiro atoms. The molecule has 1 amide bonds. The Morgan fingerprint density at radius 1 is 1.31 bits per heavy atom. The molecule has 0 saturated carbocycles. The maximum Gasteiger partial charge on any atom is 0.287 e. The number of nitrogens with zero attached hydrogens (tertiary/aromatic N) is 3. The molecule has 8 heteroatoms. The number of aliphatic imine (C=N–C) groups is 1. The van der Waals surface area contributed by atoms with E-state index in [9.17, 15) is 10.1 Å². The summed E-state index contributed by atoms with van der Waals surface area (Å²) >= 11 is 0. The Kier molecular flexibility index (Phi) is 8.55. The lowest BCUT2D eigenvalue weighted by Gasteiger charge is -2.35. The number of benzene rings is 1. The SMILES string of the molecule is CCNC(=NCCCNC(=O)c1occc1C)NC1CCCN(c2ccccc2C#N)C1. The number of para-hydroxylation sites is 1. The Hall–Kier alpha value is -3.47. The molecular weight excluding hydrogens is 404 g/mol. The number of rotatable bonds is 8. The molecule has 170 valence electrons. The summed E-state index contributed by atoms with van der Waals surface area (Å²) in [6.07, 6.45) is 4.35. The normalized spacial score (nSPS) is 16.3. The topological polar surface area (TPSA) is 106 Å². The minimum absolute atomic E-state index is 0.193. The Bertz CT molecular complexity index is 961. The van der Waals surface area contributed by atoms with E-state index in [0.29, 0.717) is 24.4 Å². The van der Waals surface area contributed by atoms with Crippen LogP contribution in [0.4, 0.5) is 5.69 Å². The van der Waals surface area contributed by atoms with Crippen LogP contribution >= 0.6 is 0 Å². The molecule has 1 unspecified atom stereocenters. The Balaban J connectivity index is 1.49. The number of hydrogen-bond donors (Lipinski definition) is 3. The number of nitriles is 1. The maximum atomic E-state index is 12.1. The molecule has 2 aromatic rings. The number of guanidine groups is 1. The van der Waals surface area contributed by atoms with Crippen molar-refractivity contribution in [2.75, 3.05) is 37.6 Å². The van der Waals surface area contributed by atoms with Gasteiger partial charge in [0.2, 0.25) is 0 Å². The van der Waals surface area contributed by atoms with Crippen molar-refractivity contribution in [1.29, 1.82) is 5.26 Å². The molecular formula is C24H32N6O2. The van der Waals surface area contributed by atoms with Crippen LogP contribution in [0.2, 0.25) is 0 Å². The van der Waals surface area contributed by atoms with Crippen molar-refractivity contribution in [3.63, 3.8) is 0 Å². The van der Waals surface area contributed by atoms with Gasteiger partial charge >= 0.3 is 0 Å². The van der Waals surface area contributed by atoms with E-state index in [1.807, 2.05) is 38.1 Å². The minimum atomic E-state index is -0.193. The van der Waals surface area contributed by atoms with Crippen LogP contribution in [0, 0.1) is 18.3 Å². The van der Waals surface area contributed by atoms with Crippen molar-refractivity contribution in [3.8, 4) is 6.07 Å². The van der Waals surface area contributed by atoms with Crippen LogP contribution in [0.15, 0.2) is 46.0 Å². The third kappa shape index (κ3) is 6.27. The zero-order valence-electron chi connectivity index (χ0n) is 18.9. The molecule has 1 aliphatic rings. The number of furan rings is 1. The lowest BCUT2D eigenvalue weighted by Crippen LogP contribution is -2.51. The second kappa shape index (κ2) is 11.8. The fourth-order valence-corrected chi connectivity index (χ4v) is 3.83. The highest BCUT2D eigenvalue weighted by molar-refractivity contribution is 5.92. The van der Waals surface area contributed by atoms with Crippen molar-refractivity contribution in [3.05, 3.63) is 53.5 Å². The average molecular weight is 437 g/mol. The van der Waals surface area contributed by atoms with E-state index in [1.54, 1.807) is 6.07 Å². The van der Waals surface area contributed by atoms with Crippen molar-refractivity contribution < 1.29 is 9.21 Å². The molecule has 1 aliphatic heterocycles. The molecule has 3 rings (SSSR count). The van der Waals surface area contributed by atoms with E-state index < -0.39 is 0 Å². The van der Waals surface area contributed by atoms with Crippen LogP contribution in [0.25, 0.3) is 0 Å². The first kappa shape index (κ1) is 23.2. The summed E-state index contributed by atoms with van der Waals surface area (Å²) in [5.41, 5.74) is 2.53. The number of carbonyl (C=O) groups is 1. The second-order valence-corrected chi connectivity index (χ2v) is 7.86. The Labute approximate surface area is 189 Å². The number of amides is 1. The molecule has 1 saturated heterocycles. The zero-order valence-corrected chi connectivity index (χ0v) is 18.9. The van der Waals surface area contributed by atoms with Crippen LogP contribution in [-0.2, 0) is 0 Å². The Morgan fingerprint density at radius 3 is 2.91 bits per heavy atom. The highest BCUT2D eigenvalue weighted by Gasteiger charge is 2.22. The number of hydrogen-bond acceptors (Lipinski definition) is 5. The molecule has 0 bridgehead atoms. The number of anilines is 1. The highest BCUT2D eigenvalue weighted by Crippen LogP contribution is 2.23. The van der Waals surface area contributed by atoms with Crippen LogP contribution in [-0.4, -0.2) is 50.6 Å². The number of aryl methyl sites for hydroxylation is 1. The fraction of sp³-hybridized carbons (Fsp3) is 0.458. The van der Waals surface area contributed by atoms with E-state index in [-0.39, 0.29) is 11.9 Å². The summed E-state index contributed by atoms with van der Waals surface area (Å²) in [5, 5.41) is 19.1. The summed E-state index contributed by atoms with van der Waals surface area (Å²) in [5.74, 6) is 0.950. The van der Waals surface area contributed by atoms with Crippen molar-refractivity contribution >= 4 is 17.6 Å². The third-order valence-corrected chi connectivity index (χ3v) is 5.43. The monoisotopic (exact) mass is 436 g/mol. The van der Waals surface area contributed by atoms with Crippen LogP contribution in [0.1, 0.15) is 47.9 Å². The van der Waals surface area contributed by atoms with Gasteiger partial charge in [-0.1, -0.05) is 12.1 Å². The van der Waals surface area contributed by atoms with Crippen molar-refractivity contribution in [2.45, 2.75) is 39.2 Å². The number of piperidine rings is 1. The smallest absolute Gasteiger partial charge is 0.287 e. The van der Waals surface area contributed by atoms with E-state index >= 15 is 0 Å². The van der Waals surface area contributed by atoms with Crippen molar-refractivity contribution in [2.24, 2.45) is 4.99 Å². The standard InChI is InChI=1S/C24H32N6O2/c1-3-26-24(28-13-7-12-27-23(31)22-18(2)11-15-32-22)29-20-9-6-14-30(17-20)21-10-5-4-8-19(21)16-25/h4-5,8,10-11,15,20H,3,6-7,9,12-14,17H2,1-2H3,(H,27,31)(H2,26,28,29). The molecule has 0 radical (unpaired) electrons. The fourth-order valence-electron chi connectivity index (χ4n) is 3.83. The number of nitrogens with one attached hydrogen (secondary N) is 3. The first-order chi connectivity index (χ1) is 15.6. The molecule has 3 N–H and O–H groups in total. The summed E-state index contributed by atoms with van der Waals surface area (Å²) < 4.78 is 5.21. The van der Waals surface area contributed by atoms with E-state index in [2.05, 4.69) is 31.9 Å². The quantitative estimate of drug-likeness (QED) is 0.334.